The molecule has 1 aliphatic rings. The number of aromatic nitrogens is 2. The van der Waals surface area contributed by atoms with Gasteiger partial charge >= 0.3 is 6.09 Å². The average Bonchev–Trinajstić information content (AvgIpc) is 2.96. The molecule has 112 valence electrons. The quantitative estimate of drug-likeness (QED) is 0.917. The Labute approximate surface area is 119 Å². The van der Waals surface area contributed by atoms with Crippen molar-refractivity contribution in [1.82, 2.24) is 14.9 Å². The summed E-state index contributed by atoms with van der Waals surface area (Å²) in [5.74, 6) is 0. The molecule has 0 saturated carbocycles. The predicted molar refractivity (Wildman–Crippen MR) is 74.3 cm³/mol. The summed E-state index contributed by atoms with van der Waals surface area (Å²) < 4.78 is 12.8. The minimum Gasteiger partial charge on any atom is -0.444 e. The summed E-state index contributed by atoms with van der Waals surface area (Å²) in [6, 6.07) is 0. The molecule has 2 rings (SSSR count). The van der Waals surface area contributed by atoms with Crippen LogP contribution in [0.25, 0.3) is 0 Å². The Morgan fingerprint density at radius 2 is 2.40 bits per heavy atom. The third-order valence-electron chi connectivity index (χ3n) is 3.04. The number of carbonyl (C=O) groups is 1. The van der Waals surface area contributed by atoms with Gasteiger partial charge in [0.05, 0.1) is 31.2 Å². The fourth-order valence-corrected chi connectivity index (χ4v) is 2.14. The SMILES string of the molecule is CC(C)(C)OC(=O)NCc1cncn1CC1CCCO1. The van der Waals surface area contributed by atoms with Gasteiger partial charge in [-0.1, -0.05) is 0 Å². The molecule has 6 nitrogen and oxygen atoms in total. The highest BCUT2D eigenvalue weighted by Gasteiger charge is 2.18. The van der Waals surface area contributed by atoms with Crippen molar-refractivity contribution in [2.75, 3.05) is 6.61 Å². The third-order valence-corrected chi connectivity index (χ3v) is 3.04. The molecular weight excluding hydrogens is 258 g/mol. The Balaban J connectivity index is 1.84. The molecule has 6 heteroatoms. The van der Waals surface area contributed by atoms with E-state index in [1.54, 1.807) is 12.5 Å². The summed E-state index contributed by atoms with van der Waals surface area (Å²) in [5, 5.41) is 2.74. The summed E-state index contributed by atoms with van der Waals surface area (Å²) in [6.07, 6.45) is 5.56. The maximum atomic E-state index is 11.6. The summed E-state index contributed by atoms with van der Waals surface area (Å²) in [4.78, 5) is 15.8. The van der Waals surface area contributed by atoms with E-state index in [4.69, 9.17) is 9.47 Å². The van der Waals surface area contributed by atoms with Crippen molar-refractivity contribution in [2.24, 2.45) is 0 Å². The van der Waals surface area contributed by atoms with Gasteiger partial charge in [0.2, 0.25) is 0 Å². The number of ether oxygens (including phenoxy) is 2. The number of amides is 1. The molecule has 0 aromatic carbocycles. The fourth-order valence-electron chi connectivity index (χ4n) is 2.14. The van der Waals surface area contributed by atoms with Crippen LogP contribution in [0, 0.1) is 0 Å². The van der Waals surface area contributed by atoms with Crippen molar-refractivity contribution in [2.45, 2.75) is 58.4 Å². The summed E-state index contributed by atoms with van der Waals surface area (Å²) in [6.45, 7) is 7.55. The fraction of sp³-hybridized carbons (Fsp3) is 0.714. The Hall–Kier alpha value is -1.56. The number of hydrogen-bond acceptors (Lipinski definition) is 4. The van der Waals surface area contributed by atoms with Crippen LogP contribution in [0.3, 0.4) is 0 Å². The first kappa shape index (κ1) is 14.8. The van der Waals surface area contributed by atoms with Gasteiger partial charge < -0.3 is 19.4 Å². The Kier molecular flexibility index (Phi) is 4.65. The molecule has 20 heavy (non-hydrogen) atoms. The number of imidazole rings is 1. The lowest BCUT2D eigenvalue weighted by Gasteiger charge is -2.20. The molecule has 2 heterocycles. The van der Waals surface area contributed by atoms with Crippen molar-refractivity contribution in [3.05, 3.63) is 18.2 Å². The Bertz CT molecular complexity index is 445. The highest BCUT2D eigenvalue weighted by Crippen LogP contribution is 2.15. The lowest BCUT2D eigenvalue weighted by Crippen LogP contribution is -2.32. The van der Waals surface area contributed by atoms with E-state index in [1.807, 2.05) is 25.3 Å². The van der Waals surface area contributed by atoms with Crippen LogP contribution < -0.4 is 5.32 Å². The minimum atomic E-state index is -0.484. The van der Waals surface area contributed by atoms with Crippen LogP contribution in [0.1, 0.15) is 39.3 Å². The molecule has 0 radical (unpaired) electrons. The van der Waals surface area contributed by atoms with E-state index in [-0.39, 0.29) is 6.10 Å². The van der Waals surface area contributed by atoms with Crippen LogP contribution in [0.2, 0.25) is 0 Å². The zero-order valence-electron chi connectivity index (χ0n) is 12.4. The van der Waals surface area contributed by atoms with E-state index in [0.29, 0.717) is 6.54 Å². The molecule has 0 spiro atoms. The Morgan fingerprint density at radius 1 is 1.60 bits per heavy atom. The zero-order chi connectivity index (χ0) is 14.6. The van der Waals surface area contributed by atoms with E-state index in [0.717, 1.165) is 31.7 Å². The van der Waals surface area contributed by atoms with Gasteiger partial charge in [-0.3, -0.25) is 0 Å². The maximum absolute atomic E-state index is 11.6. The van der Waals surface area contributed by atoms with Gasteiger partial charge in [-0.25, -0.2) is 9.78 Å². The number of nitrogens with one attached hydrogen (secondary N) is 1. The summed E-state index contributed by atoms with van der Waals surface area (Å²) in [7, 11) is 0. The first-order valence-electron chi connectivity index (χ1n) is 7.01. The molecule has 1 aromatic heterocycles. The van der Waals surface area contributed by atoms with Crippen LogP contribution in [0.15, 0.2) is 12.5 Å². The molecule has 1 amide bonds. The minimum absolute atomic E-state index is 0.254. The van der Waals surface area contributed by atoms with Crippen LogP contribution in [-0.2, 0) is 22.6 Å². The van der Waals surface area contributed by atoms with E-state index in [1.165, 1.54) is 0 Å². The third kappa shape index (κ3) is 4.52. The van der Waals surface area contributed by atoms with Gasteiger partial charge in [0.15, 0.2) is 0 Å². The predicted octanol–water partition coefficient (Wildman–Crippen LogP) is 2.09. The largest absolute Gasteiger partial charge is 0.444 e. The molecule has 1 unspecified atom stereocenters. The van der Waals surface area contributed by atoms with Gasteiger partial charge in [-0.2, -0.15) is 0 Å². The van der Waals surface area contributed by atoms with Crippen LogP contribution in [-0.4, -0.2) is 34.0 Å². The van der Waals surface area contributed by atoms with E-state index >= 15 is 0 Å². The molecule has 1 saturated heterocycles. The van der Waals surface area contributed by atoms with E-state index in [2.05, 4.69) is 10.3 Å². The van der Waals surface area contributed by atoms with Crippen LogP contribution in [0.5, 0.6) is 0 Å². The lowest BCUT2D eigenvalue weighted by molar-refractivity contribution is 0.0521. The number of rotatable bonds is 4. The normalized spacial score (nSPS) is 19.1. The molecule has 1 N–H and O–H groups in total. The summed E-state index contributed by atoms with van der Waals surface area (Å²) in [5.41, 5.74) is 0.466. The number of alkyl carbamates (subject to hydrolysis) is 1. The number of nitrogens with zero attached hydrogens (tertiary/aromatic N) is 2. The van der Waals surface area contributed by atoms with Gasteiger partial charge in [0.25, 0.3) is 0 Å². The van der Waals surface area contributed by atoms with Gasteiger partial charge in [0.1, 0.15) is 5.60 Å². The molecule has 0 aliphatic carbocycles. The smallest absolute Gasteiger partial charge is 0.407 e. The molecule has 0 bridgehead atoms. The molecule has 1 atom stereocenters. The van der Waals surface area contributed by atoms with Crippen molar-refractivity contribution < 1.29 is 14.3 Å². The average molecular weight is 281 g/mol. The standard InChI is InChI=1S/C14H23N3O3/c1-14(2,3)20-13(18)16-8-11-7-15-10-17(11)9-12-5-4-6-19-12/h7,10,12H,4-6,8-9H2,1-3H3,(H,16,18). The molecule has 1 aliphatic heterocycles. The lowest BCUT2D eigenvalue weighted by atomic mass is 10.2. The second kappa shape index (κ2) is 6.26. The monoisotopic (exact) mass is 281 g/mol. The van der Waals surface area contributed by atoms with Crippen LogP contribution >= 0.6 is 0 Å². The highest BCUT2D eigenvalue weighted by atomic mass is 16.6. The van der Waals surface area contributed by atoms with E-state index < -0.39 is 11.7 Å². The van der Waals surface area contributed by atoms with Crippen molar-refractivity contribution in [1.29, 1.82) is 0 Å². The number of hydrogen-bond donors (Lipinski definition) is 1. The van der Waals surface area contributed by atoms with Gasteiger partial charge in [-0.15, -0.1) is 0 Å². The maximum Gasteiger partial charge on any atom is 0.407 e. The molecule has 1 aromatic rings. The first-order chi connectivity index (χ1) is 9.44. The highest BCUT2D eigenvalue weighted by molar-refractivity contribution is 5.67. The van der Waals surface area contributed by atoms with Crippen molar-refractivity contribution >= 4 is 6.09 Å². The second-order valence-electron chi connectivity index (χ2n) is 6.03. The van der Waals surface area contributed by atoms with Gasteiger partial charge in [-0.05, 0) is 33.6 Å². The Morgan fingerprint density at radius 3 is 3.05 bits per heavy atom. The molecule has 1 fully saturated rings. The zero-order valence-corrected chi connectivity index (χ0v) is 12.4. The van der Waals surface area contributed by atoms with Crippen LogP contribution in [0.4, 0.5) is 4.79 Å². The second-order valence-corrected chi connectivity index (χ2v) is 6.03. The van der Waals surface area contributed by atoms with Crippen molar-refractivity contribution in [3.8, 4) is 0 Å². The van der Waals surface area contributed by atoms with Gasteiger partial charge in [0, 0.05) is 12.8 Å². The first-order valence-corrected chi connectivity index (χ1v) is 7.01. The number of carbonyl (C=O) groups excluding carboxylic acids is 1. The van der Waals surface area contributed by atoms with E-state index in [9.17, 15) is 4.79 Å². The summed E-state index contributed by atoms with van der Waals surface area (Å²) >= 11 is 0. The topological polar surface area (TPSA) is 65.4 Å². The molecular formula is C14H23N3O3. The van der Waals surface area contributed by atoms with Crippen molar-refractivity contribution in [3.63, 3.8) is 0 Å².